The van der Waals surface area contributed by atoms with Crippen molar-refractivity contribution in [3.63, 3.8) is 0 Å². The average molecular weight is 1170 g/mol. The molecule has 0 radical (unpaired) electrons. The Morgan fingerprint density at radius 2 is 0.458 bits per heavy atom. The highest BCUT2D eigenvalue weighted by molar-refractivity contribution is 5.71. The first-order valence-corrected chi connectivity index (χ1v) is 37.8. The third-order valence-electron chi connectivity index (χ3n) is 17.4. The van der Waals surface area contributed by atoms with Gasteiger partial charge in [-0.05, 0) is 44.9 Å². The topological polar surface area (TPSA) is 78.9 Å². The maximum absolute atomic E-state index is 13.0. The van der Waals surface area contributed by atoms with Crippen LogP contribution in [0.3, 0.4) is 0 Å². The van der Waals surface area contributed by atoms with Crippen molar-refractivity contribution in [2.24, 2.45) is 0 Å². The summed E-state index contributed by atoms with van der Waals surface area (Å²) >= 11 is 0. The molecule has 0 fully saturated rings. The van der Waals surface area contributed by atoms with Gasteiger partial charge in [0.25, 0.3) is 0 Å². The van der Waals surface area contributed by atoms with Crippen molar-refractivity contribution in [2.75, 3.05) is 13.2 Å². The fraction of sp³-hybridized carbons (Fsp3) is 0.909. The zero-order valence-corrected chi connectivity index (χ0v) is 56.5. The van der Waals surface area contributed by atoms with Crippen molar-refractivity contribution in [2.45, 2.75) is 438 Å². The van der Waals surface area contributed by atoms with Gasteiger partial charge in [0, 0.05) is 19.3 Å². The van der Waals surface area contributed by atoms with E-state index in [4.69, 9.17) is 14.2 Å². The van der Waals surface area contributed by atoms with Crippen LogP contribution in [0.5, 0.6) is 0 Å². The van der Waals surface area contributed by atoms with E-state index in [2.05, 4.69) is 45.1 Å². The molecule has 0 amide bonds. The highest BCUT2D eigenvalue weighted by Crippen LogP contribution is 2.20. The number of ether oxygens (including phenoxy) is 3. The average Bonchev–Trinajstić information content (AvgIpc) is 3.50. The Kier molecular flexibility index (Phi) is 70.5. The predicted molar refractivity (Wildman–Crippen MR) is 363 cm³/mol. The Morgan fingerprint density at radius 3 is 0.711 bits per heavy atom. The van der Waals surface area contributed by atoms with E-state index in [1.807, 2.05) is 0 Å². The second kappa shape index (κ2) is 72.4. The molecule has 0 N–H and O–H groups in total. The van der Waals surface area contributed by atoms with Crippen LogP contribution in [0.15, 0.2) is 24.3 Å². The maximum Gasteiger partial charge on any atom is 0.306 e. The second-order valence-electron chi connectivity index (χ2n) is 25.9. The molecule has 6 heteroatoms. The Labute approximate surface area is 519 Å². The number of hydrogen-bond donors (Lipinski definition) is 0. The summed E-state index contributed by atoms with van der Waals surface area (Å²) in [5, 5.41) is 0. The molecule has 0 spiro atoms. The molecular formula is C77H146O6. The number of allylic oxidation sites excluding steroid dienone is 4. The van der Waals surface area contributed by atoms with Crippen LogP contribution < -0.4 is 0 Å². The summed E-state index contributed by atoms with van der Waals surface area (Å²) in [7, 11) is 0. The van der Waals surface area contributed by atoms with Gasteiger partial charge in [-0.3, -0.25) is 14.4 Å². The lowest BCUT2D eigenvalue weighted by atomic mass is 10.0. The van der Waals surface area contributed by atoms with Gasteiger partial charge in [0.15, 0.2) is 6.10 Å². The Morgan fingerprint density at radius 1 is 0.241 bits per heavy atom. The van der Waals surface area contributed by atoms with Gasteiger partial charge >= 0.3 is 17.9 Å². The summed E-state index contributed by atoms with van der Waals surface area (Å²) in [6.07, 6.45) is 89.5. The van der Waals surface area contributed by atoms with Crippen LogP contribution in [0.2, 0.25) is 0 Å². The first-order valence-electron chi connectivity index (χ1n) is 37.8. The highest BCUT2D eigenvalue weighted by Gasteiger charge is 2.20. The summed E-state index contributed by atoms with van der Waals surface area (Å²) in [6, 6.07) is 0. The number of carbonyl (C=O) groups is 3. The number of hydrogen-bond acceptors (Lipinski definition) is 6. The van der Waals surface area contributed by atoms with Gasteiger partial charge < -0.3 is 14.2 Å². The summed E-state index contributed by atoms with van der Waals surface area (Å²) < 4.78 is 17.0. The molecule has 0 saturated carbocycles. The minimum Gasteiger partial charge on any atom is -0.462 e. The van der Waals surface area contributed by atoms with Gasteiger partial charge in [-0.1, -0.05) is 392 Å². The molecule has 0 aromatic rings. The molecule has 0 aliphatic heterocycles. The predicted octanol–water partition coefficient (Wildman–Crippen LogP) is 26.1. The van der Waals surface area contributed by atoms with Gasteiger partial charge in [0.05, 0.1) is 0 Å². The van der Waals surface area contributed by atoms with Crippen LogP contribution >= 0.6 is 0 Å². The largest absolute Gasteiger partial charge is 0.462 e. The molecule has 0 heterocycles. The standard InChI is InChI=1S/C77H146O6/c1-4-7-10-13-16-19-22-25-27-29-31-33-35-37-39-41-43-45-47-49-52-55-58-61-64-67-70-76(79)82-73-74(72-81-75(78)69-66-63-60-57-54-51-24-21-18-15-12-9-6-3)83-77(80)71-68-65-62-59-56-53-50-48-46-44-42-40-38-36-34-32-30-28-26-23-20-17-14-11-8-5-2/h12,15,21,24,74H,4-11,13-14,16-20,22-23,25-73H2,1-3H3/b15-12-,24-21-. The minimum atomic E-state index is -0.774. The van der Waals surface area contributed by atoms with Crippen LogP contribution in [-0.2, 0) is 28.6 Å². The van der Waals surface area contributed by atoms with Gasteiger partial charge in [0.2, 0.25) is 0 Å². The molecule has 0 bridgehead atoms. The van der Waals surface area contributed by atoms with Crippen LogP contribution in [0, 0.1) is 0 Å². The fourth-order valence-electron chi connectivity index (χ4n) is 11.8. The number of carbonyl (C=O) groups excluding carboxylic acids is 3. The molecule has 0 aliphatic rings. The highest BCUT2D eigenvalue weighted by atomic mass is 16.6. The molecule has 0 aliphatic carbocycles. The zero-order valence-electron chi connectivity index (χ0n) is 56.5. The monoisotopic (exact) mass is 1170 g/mol. The Bertz CT molecular complexity index is 1340. The molecule has 1 atom stereocenters. The van der Waals surface area contributed by atoms with Gasteiger partial charge in [0.1, 0.15) is 13.2 Å². The SMILES string of the molecule is CCC/C=C\C/C=C\CCCCCCCC(=O)OCC(COC(=O)CCCCCCCCCCCCCCCCCCCCCCCCCCCC)OC(=O)CCCCCCCCCCCCCCCCCCCCCCCCCCCC. The third-order valence-corrected chi connectivity index (χ3v) is 17.4. The van der Waals surface area contributed by atoms with Crippen molar-refractivity contribution in [3.8, 4) is 0 Å². The first-order chi connectivity index (χ1) is 41.0. The lowest BCUT2D eigenvalue weighted by Gasteiger charge is -2.18. The number of esters is 3. The summed E-state index contributed by atoms with van der Waals surface area (Å²) in [5.41, 5.74) is 0. The van der Waals surface area contributed by atoms with Crippen molar-refractivity contribution in [3.05, 3.63) is 24.3 Å². The van der Waals surface area contributed by atoms with Crippen LogP contribution in [-0.4, -0.2) is 37.2 Å². The normalized spacial score (nSPS) is 12.1. The molecule has 0 rings (SSSR count). The van der Waals surface area contributed by atoms with Crippen LogP contribution in [0.25, 0.3) is 0 Å². The van der Waals surface area contributed by atoms with Crippen LogP contribution in [0.4, 0.5) is 0 Å². The lowest BCUT2D eigenvalue weighted by molar-refractivity contribution is -0.167. The maximum atomic E-state index is 13.0. The van der Waals surface area contributed by atoms with Gasteiger partial charge in [-0.25, -0.2) is 0 Å². The van der Waals surface area contributed by atoms with E-state index in [0.717, 1.165) is 83.5 Å². The van der Waals surface area contributed by atoms with E-state index in [1.165, 1.54) is 308 Å². The molecular weight excluding hydrogens is 1020 g/mol. The fourth-order valence-corrected chi connectivity index (χ4v) is 11.8. The van der Waals surface area contributed by atoms with E-state index in [-0.39, 0.29) is 31.1 Å². The molecule has 0 aromatic carbocycles. The van der Waals surface area contributed by atoms with Crippen molar-refractivity contribution in [1.82, 2.24) is 0 Å². The summed E-state index contributed by atoms with van der Waals surface area (Å²) in [5.74, 6) is -0.849. The van der Waals surface area contributed by atoms with Crippen molar-refractivity contribution >= 4 is 17.9 Å². The van der Waals surface area contributed by atoms with E-state index in [1.54, 1.807) is 0 Å². The Balaban J connectivity index is 4.17. The lowest BCUT2D eigenvalue weighted by Crippen LogP contribution is -2.30. The first kappa shape index (κ1) is 80.9. The van der Waals surface area contributed by atoms with Crippen LogP contribution in [0.1, 0.15) is 432 Å². The quantitative estimate of drug-likeness (QED) is 0.0261. The molecule has 6 nitrogen and oxygen atoms in total. The molecule has 83 heavy (non-hydrogen) atoms. The van der Waals surface area contributed by atoms with E-state index < -0.39 is 6.10 Å². The van der Waals surface area contributed by atoms with E-state index >= 15 is 0 Å². The second-order valence-corrected chi connectivity index (χ2v) is 25.9. The van der Waals surface area contributed by atoms with E-state index in [0.29, 0.717) is 19.3 Å². The zero-order chi connectivity index (χ0) is 59.9. The smallest absolute Gasteiger partial charge is 0.306 e. The minimum absolute atomic E-state index is 0.0691. The third kappa shape index (κ3) is 70.5. The van der Waals surface area contributed by atoms with Gasteiger partial charge in [-0.2, -0.15) is 0 Å². The molecule has 490 valence electrons. The molecule has 0 aromatic heterocycles. The van der Waals surface area contributed by atoms with Crippen molar-refractivity contribution < 1.29 is 28.6 Å². The van der Waals surface area contributed by atoms with Gasteiger partial charge in [-0.15, -0.1) is 0 Å². The number of rotatable bonds is 71. The van der Waals surface area contributed by atoms with E-state index in [9.17, 15) is 14.4 Å². The van der Waals surface area contributed by atoms with Crippen molar-refractivity contribution in [1.29, 1.82) is 0 Å². The Hall–Kier alpha value is -2.11. The number of unbranched alkanes of at least 4 members (excludes halogenated alkanes) is 56. The summed E-state index contributed by atoms with van der Waals surface area (Å²) in [4.78, 5) is 38.5. The summed E-state index contributed by atoms with van der Waals surface area (Å²) in [6.45, 7) is 6.66. The molecule has 1 unspecified atom stereocenters. The molecule has 0 saturated heterocycles.